The second-order valence-electron chi connectivity index (χ2n) is 4.06. The van der Waals surface area contributed by atoms with Gasteiger partial charge in [-0.1, -0.05) is 0 Å². The fraction of sp³-hybridized carbons (Fsp3) is 0.385. The molecule has 0 radical (unpaired) electrons. The van der Waals surface area contributed by atoms with Crippen molar-refractivity contribution in [3.8, 4) is 5.75 Å². The molecule has 0 aliphatic rings. The zero-order valence-electron chi connectivity index (χ0n) is 12.2. The second kappa shape index (κ2) is 8.57. The summed E-state index contributed by atoms with van der Waals surface area (Å²) in [6.45, 7) is 0.111. The van der Waals surface area contributed by atoms with E-state index in [-0.39, 0.29) is 23.5 Å². The predicted molar refractivity (Wildman–Crippen MR) is 74.8 cm³/mol. The standard InChI is InChI=1S/C13H16N2O7/c1-20-6-5-14-12(16)8-22-13(17)10-7-9(15(18)19)3-4-11(10)21-2/h3-4,7H,5-6,8H2,1-2H3,(H,14,16). The first-order valence-corrected chi connectivity index (χ1v) is 6.24. The van der Waals surface area contributed by atoms with Crippen LogP contribution < -0.4 is 10.1 Å². The van der Waals surface area contributed by atoms with Crippen LogP contribution in [-0.2, 0) is 14.3 Å². The number of amides is 1. The van der Waals surface area contributed by atoms with Crippen molar-refractivity contribution in [2.45, 2.75) is 0 Å². The van der Waals surface area contributed by atoms with Crippen molar-refractivity contribution in [2.24, 2.45) is 0 Å². The van der Waals surface area contributed by atoms with E-state index >= 15 is 0 Å². The molecule has 1 N–H and O–H groups in total. The lowest BCUT2D eigenvalue weighted by Gasteiger charge is -2.09. The molecule has 0 atom stereocenters. The maximum atomic E-state index is 11.9. The Morgan fingerprint density at radius 3 is 2.64 bits per heavy atom. The van der Waals surface area contributed by atoms with Crippen LogP contribution in [0.5, 0.6) is 5.75 Å². The van der Waals surface area contributed by atoms with Crippen LogP contribution in [0.25, 0.3) is 0 Å². The monoisotopic (exact) mass is 312 g/mol. The summed E-state index contributed by atoms with van der Waals surface area (Å²) in [5.41, 5.74) is -0.404. The lowest BCUT2D eigenvalue weighted by atomic mass is 10.2. The van der Waals surface area contributed by atoms with Gasteiger partial charge in [0, 0.05) is 25.8 Å². The van der Waals surface area contributed by atoms with Crippen LogP contribution in [0.4, 0.5) is 5.69 Å². The maximum Gasteiger partial charge on any atom is 0.342 e. The summed E-state index contributed by atoms with van der Waals surface area (Å²) in [6, 6.07) is 3.52. The Bertz CT molecular complexity index is 559. The van der Waals surface area contributed by atoms with Gasteiger partial charge in [-0.05, 0) is 6.07 Å². The number of methoxy groups -OCH3 is 2. The molecule has 0 bridgehead atoms. The normalized spacial score (nSPS) is 9.91. The molecule has 0 aromatic heterocycles. The minimum absolute atomic E-state index is 0.121. The molecule has 9 heteroatoms. The van der Waals surface area contributed by atoms with Crippen LogP contribution in [0, 0.1) is 10.1 Å². The lowest BCUT2D eigenvalue weighted by Crippen LogP contribution is -2.31. The summed E-state index contributed by atoms with van der Waals surface area (Å²) in [4.78, 5) is 33.4. The molecule has 0 saturated carbocycles. The summed E-state index contributed by atoms with van der Waals surface area (Å²) in [5.74, 6) is -1.27. The molecule has 0 saturated heterocycles. The molecule has 0 fully saturated rings. The maximum absolute atomic E-state index is 11.9. The fourth-order valence-corrected chi connectivity index (χ4v) is 1.52. The molecule has 22 heavy (non-hydrogen) atoms. The van der Waals surface area contributed by atoms with Gasteiger partial charge < -0.3 is 19.5 Å². The van der Waals surface area contributed by atoms with Gasteiger partial charge in [0.25, 0.3) is 11.6 Å². The van der Waals surface area contributed by atoms with E-state index in [1.165, 1.54) is 26.4 Å². The van der Waals surface area contributed by atoms with Crippen molar-refractivity contribution >= 4 is 17.6 Å². The molecule has 1 rings (SSSR count). The average molecular weight is 312 g/mol. The summed E-state index contributed by atoms with van der Waals surface area (Å²) in [5, 5.41) is 13.2. The van der Waals surface area contributed by atoms with Crippen molar-refractivity contribution in [3.63, 3.8) is 0 Å². The summed E-state index contributed by atoms with van der Waals surface area (Å²) >= 11 is 0. The minimum Gasteiger partial charge on any atom is -0.496 e. The quantitative estimate of drug-likeness (QED) is 0.322. The smallest absolute Gasteiger partial charge is 0.342 e. The summed E-state index contributed by atoms with van der Waals surface area (Å²) < 4.78 is 14.5. The molecule has 0 unspecified atom stereocenters. The highest BCUT2D eigenvalue weighted by Gasteiger charge is 2.19. The van der Waals surface area contributed by atoms with E-state index in [1.807, 2.05) is 0 Å². The van der Waals surface area contributed by atoms with E-state index in [2.05, 4.69) is 5.32 Å². The van der Waals surface area contributed by atoms with Gasteiger partial charge in [-0.25, -0.2) is 4.79 Å². The van der Waals surface area contributed by atoms with Crippen LogP contribution in [0.1, 0.15) is 10.4 Å². The number of esters is 1. The highest BCUT2D eigenvalue weighted by atomic mass is 16.6. The van der Waals surface area contributed by atoms with Gasteiger partial charge in [-0.2, -0.15) is 0 Å². The third-order valence-corrected chi connectivity index (χ3v) is 2.58. The number of hydrogen-bond donors (Lipinski definition) is 1. The van der Waals surface area contributed by atoms with Crippen molar-refractivity contribution < 1.29 is 28.7 Å². The molecule has 9 nitrogen and oxygen atoms in total. The van der Waals surface area contributed by atoms with Crippen molar-refractivity contribution in [3.05, 3.63) is 33.9 Å². The number of nitro benzene ring substituents is 1. The Labute approximate surface area is 126 Å². The number of nitrogens with one attached hydrogen (secondary N) is 1. The van der Waals surface area contributed by atoms with E-state index in [4.69, 9.17) is 14.2 Å². The summed E-state index contributed by atoms with van der Waals surface area (Å²) in [6.07, 6.45) is 0. The number of non-ortho nitro benzene ring substituents is 1. The number of ether oxygens (including phenoxy) is 3. The largest absolute Gasteiger partial charge is 0.496 e. The molecule has 1 aromatic carbocycles. The summed E-state index contributed by atoms with van der Waals surface area (Å²) in [7, 11) is 2.80. The number of nitrogens with zero attached hydrogens (tertiary/aromatic N) is 1. The predicted octanol–water partition coefficient (Wildman–Crippen LogP) is 0.523. The highest BCUT2D eigenvalue weighted by Crippen LogP contribution is 2.24. The Morgan fingerprint density at radius 2 is 2.05 bits per heavy atom. The first-order valence-electron chi connectivity index (χ1n) is 6.24. The zero-order chi connectivity index (χ0) is 16.5. The molecular weight excluding hydrogens is 296 g/mol. The molecule has 0 spiro atoms. The third-order valence-electron chi connectivity index (χ3n) is 2.58. The molecule has 1 amide bonds. The highest BCUT2D eigenvalue weighted by molar-refractivity contribution is 5.94. The molecule has 0 aliphatic heterocycles. The molecular formula is C13H16N2O7. The molecule has 0 heterocycles. The van der Waals surface area contributed by atoms with Gasteiger partial charge in [-0.3, -0.25) is 14.9 Å². The number of carbonyl (C=O) groups excluding carboxylic acids is 2. The molecule has 0 aliphatic carbocycles. The number of rotatable bonds is 8. The van der Waals surface area contributed by atoms with E-state index in [0.29, 0.717) is 6.61 Å². The average Bonchev–Trinajstić information content (AvgIpc) is 2.52. The fourth-order valence-electron chi connectivity index (χ4n) is 1.52. The number of carbonyl (C=O) groups is 2. The van der Waals surface area contributed by atoms with Gasteiger partial charge in [0.15, 0.2) is 6.61 Å². The Kier molecular flexibility index (Phi) is 6.77. The van der Waals surface area contributed by atoms with Crippen LogP contribution in [0.3, 0.4) is 0 Å². The van der Waals surface area contributed by atoms with E-state index in [0.717, 1.165) is 6.07 Å². The Balaban J connectivity index is 2.70. The van der Waals surface area contributed by atoms with Gasteiger partial charge in [0.05, 0.1) is 18.6 Å². The lowest BCUT2D eigenvalue weighted by molar-refractivity contribution is -0.384. The van der Waals surface area contributed by atoms with Gasteiger partial charge in [-0.15, -0.1) is 0 Å². The molecule has 1 aromatic rings. The molecule has 120 valence electrons. The van der Waals surface area contributed by atoms with Gasteiger partial charge in [0.1, 0.15) is 11.3 Å². The zero-order valence-corrected chi connectivity index (χ0v) is 12.2. The first-order chi connectivity index (χ1) is 10.5. The third kappa shape index (κ3) is 5.02. The van der Waals surface area contributed by atoms with Crippen LogP contribution in [-0.4, -0.2) is 50.8 Å². The number of hydrogen-bond acceptors (Lipinski definition) is 7. The van der Waals surface area contributed by atoms with Gasteiger partial charge in [0.2, 0.25) is 0 Å². The SMILES string of the molecule is COCCNC(=O)COC(=O)c1cc([N+](=O)[O-])ccc1OC. The van der Waals surface area contributed by atoms with Crippen molar-refractivity contribution in [2.75, 3.05) is 34.0 Å². The minimum atomic E-state index is -0.887. The number of nitro groups is 1. The van der Waals surface area contributed by atoms with Crippen molar-refractivity contribution in [1.82, 2.24) is 5.32 Å². The number of benzene rings is 1. The van der Waals surface area contributed by atoms with Crippen LogP contribution in [0.15, 0.2) is 18.2 Å². The van der Waals surface area contributed by atoms with E-state index in [9.17, 15) is 19.7 Å². The van der Waals surface area contributed by atoms with Crippen LogP contribution in [0.2, 0.25) is 0 Å². The van der Waals surface area contributed by atoms with E-state index in [1.54, 1.807) is 0 Å². The second-order valence-corrected chi connectivity index (χ2v) is 4.06. The van der Waals surface area contributed by atoms with Crippen molar-refractivity contribution in [1.29, 1.82) is 0 Å². The topological polar surface area (TPSA) is 117 Å². The Morgan fingerprint density at radius 1 is 1.32 bits per heavy atom. The first kappa shape index (κ1) is 17.4. The van der Waals surface area contributed by atoms with E-state index < -0.39 is 23.4 Å². The van der Waals surface area contributed by atoms with Crippen LogP contribution >= 0.6 is 0 Å². The Hall–Kier alpha value is -2.68. The van der Waals surface area contributed by atoms with Gasteiger partial charge >= 0.3 is 5.97 Å².